The molecular weight excluding hydrogens is 387 g/mol. The van der Waals surface area contributed by atoms with E-state index in [9.17, 15) is 9.65 Å². The number of nitrogens with two attached hydrogens (primary N) is 1. The fraction of sp³-hybridized carbons (Fsp3) is 0.0476. The van der Waals surface area contributed by atoms with Crippen LogP contribution in [0.25, 0.3) is 22.0 Å². The van der Waals surface area contributed by atoms with Crippen LogP contribution in [0.15, 0.2) is 59.8 Å². The highest BCUT2D eigenvalue weighted by Crippen LogP contribution is 2.32. The van der Waals surface area contributed by atoms with Crippen LogP contribution in [0.4, 0.5) is 16.0 Å². The van der Waals surface area contributed by atoms with Crippen LogP contribution >= 0.6 is 12.6 Å². The molecule has 0 saturated carbocycles. The van der Waals surface area contributed by atoms with Gasteiger partial charge < -0.3 is 11.1 Å². The lowest BCUT2D eigenvalue weighted by atomic mass is 10.0. The zero-order valence-corrected chi connectivity index (χ0v) is 16.0. The second-order valence-electron chi connectivity index (χ2n) is 6.25. The third-order valence-electron chi connectivity index (χ3n) is 4.49. The normalized spacial score (nSPS) is 10.7. The summed E-state index contributed by atoms with van der Waals surface area (Å²) in [4.78, 5) is 13.3. The molecule has 4 rings (SSSR count). The predicted octanol–water partition coefficient (Wildman–Crippen LogP) is 4.19. The maximum Gasteiger partial charge on any atom is 0.149 e. The van der Waals surface area contributed by atoms with E-state index in [1.807, 2.05) is 30.3 Å². The van der Waals surface area contributed by atoms with Crippen molar-refractivity contribution in [2.24, 2.45) is 0 Å². The molecule has 0 aliphatic rings. The van der Waals surface area contributed by atoms with Gasteiger partial charge in [0, 0.05) is 15.8 Å². The van der Waals surface area contributed by atoms with Crippen LogP contribution in [0.2, 0.25) is 0 Å². The number of hydrogen-bond donors (Lipinski definition) is 3. The van der Waals surface area contributed by atoms with Crippen molar-refractivity contribution in [3.8, 4) is 17.2 Å². The lowest BCUT2D eigenvalue weighted by Gasteiger charge is -2.14. The summed E-state index contributed by atoms with van der Waals surface area (Å²) in [5.74, 6) is 0.0634. The molecule has 0 saturated heterocycles. The van der Waals surface area contributed by atoms with Gasteiger partial charge in [0.05, 0.1) is 17.8 Å². The Morgan fingerprint density at radius 3 is 2.72 bits per heavy atom. The monoisotopic (exact) mass is 402 g/mol. The van der Waals surface area contributed by atoms with Gasteiger partial charge in [-0.3, -0.25) is 4.98 Å². The SMILES string of the molecule is N#Cc1c(N)ncnc1NCc1nc2cccc(F)c2cc1-c1ccccc1S. The van der Waals surface area contributed by atoms with Gasteiger partial charge in [-0.05, 0) is 29.8 Å². The van der Waals surface area contributed by atoms with Crippen LogP contribution in [-0.2, 0) is 6.54 Å². The number of benzene rings is 2. The predicted molar refractivity (Wildman–Crippen MR) is 113 cm³/mol. The minimum atomic E-state index is -0.345. The van der Waals surface area contributed by atoms with Gasteiger partial charge in [-0.1, -0.05) is 24.3 Å². The number of pyridine rings is 1. The molecule has 0 bridgehead atoms. The first-order valence-electron chi connectivity index (χ1n) is 8.69. The second kappa shape index (κ2) is 7.73. The number of halogens is 1. The van der Waals surface area contributed by atoms with Crippen LogP contribution in [0.5, 0.6) is 0 Å². The summed E-state index contributed by atoms with van der Waals surface area (Å²) < 4.78 is 14.4. The maximum atomic E-state index is 14.4. The van der Waals surface area contributed by atoms with Crippen molar-refractivity contribution in [1.82, 2.24) is 15.0 Å². The van der Waals surface area contributed by atoms with E-state index in [0.717, 1.165) is 16.0 Å². The summed E-state index contributed by atoms with van der Waals surface area (Å²) in [7, 11) is 0. The minimum Gasteiger partial charge on any atom is -0.382 e. The smallest absolute Gasteiger partial charge is 0.149 e. The quantitative estimate of drug-likeness (QED) is 0.443. The number of nitrogens with one attached hydrogen (secondary N) is 1. The molecule has 0 spiro atoms. The lowest BCUT2D eigenvalue weighted by Crippen LogP contribution is -2.09. The van der Waals surface area contributed by atoms with E-state index in [-0.39, 0.29) is 23.7 Å². The third-order valence-corrected chi connectivity index (χ3v) is 4.88. The van der Waals surface area contributed by atoms with Crippen molar-refractivity contribution < 1.29 is 4.39 Å². The topological polar surface area (TPSA) is 101 Å². The van der Waals surface area contributed by atoms with Crippen LogP contribution in [-0.4, -0.2) is 15.0 Å². The number of nitrogen functional groups attached to an aromatic ring is 1. The lowest BCUT2D eigenvalue weighted by molar-refractivity contribution is 0.639. The number of anilines is 2. The van der Waals surface area contributed by atoms with E-state index in [2.05, 4.69) is 32.9 Å². The van der Waals surface area contributed by atoms with Gasteiger partial charge in [0.15, 0.2) is 0 Å². The molecule has 0 aliphatic heterocycles. The molecule has 2 aromatic heterocycles. The Morgan fingerprint density at radius 2 is 1.93 bits per heavy atom. The van der Waals surface area contributed by atoms with E-state index in [0.29, 0.717) is 22.4 Å². The van der Waals surface area contributed by atoms with E-state index in [1.165, 1.54) is 12.4 Å². The molecule has 3 N–H and O–H groups in total. The number of rotatable bonds is 4. The molecule has 6 nitrogen and oxygen atoms in total. The molecule has 0 aliphatic carbocycles. The highest BCUT2D eigenvalue weighted by atomic mass is 32.1. The van der Waals surface area contributed by atoms with Gasteiger partial charge in [0.2, 0.25) is 0 Å². The molecule has 4 aromatic rings. The number of fused-ring (bicyclic) bond motifs is 1. The maximum absolute atomic E-state index is 14.4. The van der Waals surface area contributed by atoms with Crippen molar-refractivity contribution >= 4 is 35.2 Å². The van der Waals surface area contributed by atoms with E-state index in [1.54, 1.807) is 18.2 Å². The first-order valence-corrected chi connectivity index (χ1v) is 9.14. The Bertz CT molecular complexity index is 1270. The Hall–Kier alpha value is -3.70. The van der Waals surface area contributed by atoms with Gasteiger partial charge in [-0.25, -0.2) is 14.4 Å². The van der Waals surface area contributed by atoms with E-state index in [4.69, 9.17) is 5.73 Å². The fourth-order valence-corrected chi connectivity index (χ4v) is 3.36. The van der Waals surface area contributed by atoms with E-state index >= 15 is 0 Å². The van der Waals surface area contributed by atoms with Crippen molar-refractivity contribution in [2.45, 2.75) is 11.4 Å². The highest BCUT2D eigenvalue weighted by Gasteiger charge is 2.15. The minimum absolute atomic E-state index is 0.0967. The number of aromatic nitrogens is 3. The summed E-state index contributed by atoms with van der Waals surface area (Å²) in [5.41, 5.74) is 8.67. The van der Waals surface area contributed by atoms with Gasteiger partial charge in [0.25, 0.3) is 0 Å². The number of nitrogens with zero attached hydrogens (tertiary/aromatic N) is 4. The number of thiol groups is 1. The summed E-state index contributed by atoms with van der Waals surface area (Å²) in [6.45, 7) is 0.245. The number of nitriles is 1. The molecule has 0 atom stereocenters. The zero-order chi connectivity index (χ0) is 20.4. The molecule has 0 radical (unpaired) electrons. The zero-order valence-electron chi connectivity index (χ0n) is 15.1. The van der Waals surface area contributed by atoms with E-state index < -0.39 is 0 Å². The number of hydrogen-bond acceptors (Lipinski definition) is 7. The van der Waals surface area contributed by atoms with Crippen LogP contribution in [0, 0.1) is 17.1 Å². The Labute approximate surface area is 171 Å². The second-order valence-corrected chi connectivity index (χ2v) is 6.74. The molecule has 0 amide bonds. The molecule has 0 fully saturated rings. The largest absolute Gasteiger partial charge is 0.382 e. The molecule has 2 heterocycles. The van der Waals surface area contributed by atoms with Gasteiger partial charge in [0.1, 0.15) is 35.4 Å². The van der Waals surface area contributed by atoms with Gasteiger partial charge in [-0.2, -0.15) is 5.26 Å². The standard InChI is InChI=1S/C21H15FN6S/c22-16-5-3-6-17-14(16)8-13(12-4-1-2-7-19(12)29)18(28-17)10-25-21-15(9-23)20(24)26-11-27-21/h1-8,11,29H,10H2,(H3,24,25,26,27). The van der Waals surface area contributed by atoms with Crippen molar-refractivity contribution in [3.05, 3.63) is 71.9 Å². The third kappa shape index (κ3) is 3.56. The van der Waals surface area contributed by atoms with Gasteiger partial charge >= 0.3 is 0 Å². The molecule has 29 heavy (non-hydrogen) atoms. The fourth-order valence-electron chi connectivity index (χ4n) is 3.08. The Balaban J connectivity index is 1.83. The average molecular weight is 402 g/mol. The molecule has 2 aromatic carbocycles. The molecule has 142 valence electrons. The first-order chi connectivity index (χ1) is 14.1. The average Bonchev–Trinajstić information content (AvgIpc) is 2.72. The van der Waals surface area contributed by atoms with Crippen molar-refractivity contribution in [3.63, 3.8) is 0 Å². The summed E-state index contributed by atoms with van der Waals surface area (Å²) in [6.07, 6.45) is 1.28. The summed E-state index contributed by atoms with van der Waals surface area (Å²) in [6, 6.07) is 16.1. The van der Waals surface area contributed by atoms with Crippen molar-refractivity contribution in [2.75, 3.05) is 11.1 Å². The summed E-state index contributed by atoms with van der Waals surface area (Å²) in [5, 5.41) is 12.8. The Morgan fingerprint density at radius 1 is 1.10 bits per heavy atom. The highest BCUT2D eigenvalue weighted by molar-refractivity contribution is 7.80. The van der Waals surface area contributed by atoms with Crippen molar-refractivity contribution in [1.29, 1.82) is 5.26 Å². The van der Waals surface area contributed by atoms with Gasteiger partial charge in [-0.15, -0.1) is 12.6 Å². The molecule has 8 heteroatoms. The van der Waals surface area contributed by atoms with Crippen LogP contribution in [0.1, 0.15) is 11.3 Å². The van der Waals surface area contributed by atoms with Crippen LogP contribution in [0.3, 0.4) is 0 Å². The first kappa shape index (κ1) is 18.7. The Kier molecular flexibility index (Phi) is 4.97. The summed E-state index contributed by atoms with van der Waals surface area (Å²) >= 11 is 4.54. The van der Waals surface area contributed by atoms with Crippen LogP contribution < -0.4 is 11.1 Å². The molecular formula is C21H15FN6S. The molecule has 0 unspecified atom stereocenters.